The van der Waals surface area contributed by atoms with E-state index in [-0.39, 0.29) is 11.9 Å². The van der Waals surface area contributed by atoms with Crippen molar-refractivity contribution in [2.24, 2.45) is 17.8 Å². The van der Waals surface area contributed by atoms with E-state index < -0.39 is 0 Å². The molecule has 5 unspecified atom stereocenters. The van der Waals surface area contributed by atoms with Gasteiger partial charge in [-0.1, -0.05) is 36.4 Å². The second-order valence-electron chi connectivity index (χ2n) is 9.66. The Hall–Kier alpha value is -2.20. The van der Waals surface area contributed by atoms with Crippen molar-refractivity contribution >= 4 is 5.91 Å². The highest BCUT2D eigenvalue weighted by molar-refractivity contribution is 5.92. The first-order valence-corrected chi connectivity index (χ1v) is 11.1. The Bertz CT molecular complexity index is 879. The zero-order valence-corrected chi connectivity index (χ0v) is 17.2. The second-order valence-corrected chi connectivity index (χ2v) is 9.66. The Balaban J connectivity index is 1.24. The second kappa shape index (κ2) is 7.56. The predicted molar refractivity (Wildman–Crippen MR) is 114 cm³/mol. The number of carbonyl (C=O) groups is 1. The van der Waals surface area contributed by atoms with E-state index in [0.717, 1.165) is 36.9 Å². The number of nitrogens with one attached hydrogen (secondary N) is 2. The van der Waals surface area contributed by atoms with Crippen LogP contribution in [0, 0.1) is 24.7 Å². The van der Waals surface area contributed by atoms with Crippen LogP contribution in [0.2, 0.25) is 0 Å². The summed E-state index contributed by atoms with van der Waals surface area (Å²) in [6.07, 6.45) is 7.39. The van der Waals surface area contributed by atoms with E-state index in [0.29, 0.717) is 17.2 Å². The normalized spacial score (nSPS) is 32.7. The van der Waals surface area contributed by atoms with E-state index in [2.05, 4.69) is 45.9 Å². The van der Waals surface area contributed by atoms with E-state index in [9.17, 15) is 4.79 Å². The molecule has 3 aliphatic carbocycles. The molecule has 5 atom stereocenters. The average Bonchev–Trinajstić information content (AvgIpc) is 2.89. The first kappa shape index (κ1) is 18.8. The number of pyridine rings is 1. The van der Waals surface area contributed by atoms with E-state index in [4.69, 9.17) is 0 Å². The minimum absolute atomic E-state index is 0.0112. The van der Waals surface area contributed by atoms with Gasteiger partial charge in [0.1, 0.15) is 5.69 Å². The van der Waals surface area contributed by atoms with Gasteiger partial charge in [0.05, 0.1) is 0 Å². The van der Waals surface area contributed by atoms with Gasteiger partial charge in [-0.15, -0.1) is 0 Å². The first-order valence-electron chi connectivity index (χ1n) is 11.1. The van der Waals surface area contributed by atoms with Crippen LogP contribution < -0.4 is 10.6 Å². The number of amides is 1. The molecule has 0 radical (unpaired) electrons. The van der Waals surface area contributed by atoms with Crippen LogP contribution in [0.5, 0.6) is 0 Å². The van der Waals surface area contributed by atoms with Crippen LogP contribution >= 0.6 is 0 Å². The molecule has 1 amide bonds. The lowest BCUT2D eigenvalue weighted by molar-refractivity contribution is 0.0914. The van der Waals surface area contributed by atoms with Crippen molar-refractivity contribution in [3.05, 3.63) is 65.5 Å². The van der Waals surface area contributed by atoms with Crippen molar-refractivity contribution in [2.45, 2.75) is 63.6 Å². The number of fused-ring (bicyclic) bond motifs is 2. The molecule has 0 spiro atoms. The van der Waals surface area contributed by atoms with Gasteiger partial charge in [-0.3, -0.25) is 4.79 Å². The summed E-state index contributed by atoms with van der Waals surface area (Å²) in [7, 11) is 0. The number of carbonyl (C=O) groups excluding carboxylic acids is 1. The Labute approximate surface area is 173 Å². The standard InChI is InChI=1S/C25H31N3O/c1-17-6-5-9-23(27-17)24(29)28-22-11-19-10-20-14-25(13-19,15-21(20)12-22)26-16-18-7-3-2-4-8-18/h2-9,19-22,26H,10-16H2,1H3,(H,28,29). The van der Waals surface area contributed by atoms with Gasteiger partial charge in [0.25, 0.3) is 5.91 Å². The van der Waals surface area contributed by atoms with Gasteiger partial charge in [0.2, 0.25) is 0 Å². The minimum Gasteiger partial charge on any atom is -0.348 e. The third-order valence-corrected chi connectivity index (χ3v) is 7.46. The number of aryl methyl sites for hydroxylation is 1. The third kappa shape index (κ3) is 3.95. The number of benzene rings is 1. The van der Waals surface area contributed by atoms with Crippen molar-refractivity contribution < 1.29 is 4.79 Å². The van der Waals surface area contributed by atoms with Gasteiger partial charge in [-0.05, 0) is 80.9 Å². The molecule has 2 N–H and O–H groups in total. The van der Waals surface area contributed by atoms with E-state index in [1.165, 1.54) is 31.2 Å². The van der Waals surface area contributed by atoms with Gasteiger partial charge in [0, 0.05) is 23.8 Å². The van der Waals surface area contributed by atoms with Gasteiger partial charge in [0.15, 0.2) is 0 Å². The van der Waals surface area contributed by atoms with Crippen LogP contribution in [0.25, 0.3) is 0 Å². The molecule has 3 saturated carbocycles. The summed E-state index contributed by atoms with van der Waals surface area (Å²) in [6.45, 7) is 2.90. The predicted octanol–water partition coefficient (Wildman–Crippen LogP) is 4.25. The molecule has 4 heteroatoms. The maximum atomic E-state index is 12.7. The third-order valence-electron chi connectivity index (χ3n) is 7.46. The summed E-state index contributed by atoms with van der Waals surface area (Å²) in [5, 5.41) is 7.28. The van der Waals surface area contributed by atoms with Crippen molar-refractivity contribution in [3.8, 4) is 0 Å². The molecule has 152 valence electrons. The summed E-state index contributed by atoms with van der Waals surface area (Å²) in [5.41, 5.74) is 3.12. The topological polar surface area (TPSA) is 54.0 Å². The maximum absolute atomic E-state index is 12.7. The fourth-order valence-electron chi connectivity index (χ4n) is 6.39. The molecular formula is C25H31N3O. The fraction of sp³-hybridized carbons (Fsp3) is 0.520. The summed E-state index contributed by atoms with van der Waals surface area (Å²) in [5.74, 6) is 2.24. The summed E-state index contributed by atoms with van der Waals surface area (Å²) in [4.78, 5) is 17.1. The van der Waals surface area contributed by atoms with Crippen molar-refractivity contribution in [1.29, 1.82) is 0 Å². The quantitative estimate of drug-likeness (QED) is 0.804. The summed E-state index contributed by atoms with van der Waals surface area (Å²) < 4.78 is 0. The van der Waals surface area contributed by atoms with E-state index >= 15 is 0 Å². The molecule has 2 aromatic rings. The molecule has 3 fully saturated rings. The highest BCUT2D eigenvalue weighted by Gasteiger charge is 2.52. The molecule has 1 aromatic carbocycles. The van der Waals surface area contributed by atoms with Crippen LogP contribution in [0.15, 0.2) is 48.5 Å². The monoisotopic (exact) mass is 389 g/mol. The van der Waals surface area contributed by atoms with Gasteiger partial charge < -0.3 is 10.6 Å². The molecule has 0 aliphatic heterocycles. The minimum atomic E-state index is -0.0112. The number of hydrogen-bond donors (Lipinski definition) is 2. The molecule has 3 bridgehead atoms. The number of rotatable bonds is 5. The zero-order chi connectivity index (χ0) is 19.8. The zero-order valence-electron chi connectivity index (χ0n) is 17.2. The highest BCUT2D eigenvalue weighted by atomic mass is 16.1. The maximum Gasteiger partial charge on any atom is 0.270 e. The number of hydrogen-bond acceptors (Lipinski definition) is 3. The summed E-state index contributed by atoms with van der Waals surface area (Å²) >= 11 is 0. The van der Waals surface area contributed by atoms with Crippen molar-refractivity contribution in [3.63, 3.8) is 0 Å². The number of nitrogens with zero attached hydrogens (tertiary/aromatic N) is 1. The Morgan fingerprint density at radius 3 is 2.59 bits per heavy atom. The molecule has 1 aromatic heterocycles. The van der Waals surface area contributed by atoms with Crippen LogP contribution in [0.4, 0.5) is 0 Å². The van der Waals surface area contributed by atoms with E-state index in [1.54, 1.807) is 0 Å². The lowest BCUT2D eigenvalue weighted by Gasteiger charge is -2.40. The molecule has 5 rings (SSSR count). The van der Waals surface area contributed by atoms with Gasteiger partial charge in [-0.2, -0.15) is 0 Å². The van der Waals surface area contributed by atoms with Crippen LogP contribution in [0.1, 0.15) is 60.3 Å². The largest absolute Gasteiger partial charge is 0.348 e. The average molecular weight is 390 g/mol. The van der Waals surface area contributed by atoms with Gasteiger partial charge in [-0.25, -0.2) is 4.98 Å². The van der Waals surface area contributed by atoms with Crippen LogP contribution in [-0.2, 0) is 6.54 Å². The van der Waals surface area contributed by atoms with Gasteiger partial charge >= 0.3 is 0 Å². The lowest BCUT2D eigenvalue weighted by Crippen LogP contribution is -2.48. The molecule has 0 saturated heterocycles. The summed E-state index contributed by atoms with van der Waals surface area (Å²) in [6, 6.07) is 16.7. The van der Waals surface area contributed by atoms with Crippen molar-refractivity contribution in [1.82, 2.24) is 15.6 Å². The Morgan fingerprint density at radius 2 is 1.79 bits per heavy atom. The molecule has 29 heavy (non-hydrogen) atoms. The molecule has 3 aliphatic rings. The first-order chi connectivity index (χ1) is 14.1. The SMILES string of the molecule is Cc1cccc(C(=O)NC2CC3CC4CC(NCc5ccccc5)(C3)CC4C2)n1. The Kier molecular flexibility index (Phi) is 4.91. The molecule has 4 nitrogen and oxygen atoms in total. The Morgan fingerprint density at radius 1 is 1.00 bits per heavy atom. The molecular weight excluding hydrogens is 358 g/mol. The lowest BCUT2D eigenvalue weighted by atomic mass is 9.74. The van der Waals surface area contributed by atoms with Crippen LogP contribution in [0.3, 0.4) is 0 Å². The number of aromatic nitrogens is 1. The van der Waals surface area contributed by atoms with E-state index in [1.807, 2.05) is 25.1 Å². The van der Waals surface area contributed by atoms with Crippen molar-refractivity contribution in [2.75, 3.05) is 0 Å². The fourth-order valence-corrected chi connectivity index (χ4v) is 6.39. The smallest absolute Gasteiger partial charge is 0.270 e. The van der Waals surface area contributed by atoms with Crippen LogP contribution in [-0.4, -0.2) is 22.5 Å². The highest BCUT2D eigenvalue weighted by Crippen LogP contribution is 2.55. The molecule has 1 heterocycles.